The van der Waals surface area contributed by atoms with Crippen LogP contribution in [0.15, 0.2) is 36.4 Å². The second-order valence-electron chi connectivity index (χ2n) is 8.58. The number of ether oxygens (including phenoxy) is 1. The van der Waals surface area contributed by atoms with E-state index in [1.807, 2.05) is 4.98 Å². The van der Waals surface area contributed by atoms with Gasteiger partial charge in [0, 0.05) is 22.1 Å². The number of aromatic nitrogens is 6. The molecule has 0 aliphatic rings. The number of hydrogen-bond donors (Lipinski definition) is 3. The summed E-state index contributed by atoms with van der Waals surface area (Å²) in [5.74, 6) is -8.19. The quantitative estimate of drug-likeness (QED) is 0.170. The summed E-state index contributed by atoms with van der Waals surface area (Å²) < 4.78 is 73.1. The Morgan fingerprint density at radius 1 is 1.12 bits per heavy atom. The first-order chi connectivity index (χ1) is 18.8. The third-order valence-electron chi connectivity index (χ3n) is 5.90. The molecular formula is C24H19Cl2F5N6O3. The fourth-order valence-electron chi connectivity index (χ4n) is 4.00. The molecule has 0 saturated heterocycles. The molecule has 0 aliphatic heterocycles. The van der Waals surface area contributed by atoms with Gasteiger partial charge in [-0.1, -0.05) is 48.7 Å². The van der Waals surface area contributed by atoms with Crippen LogP contribution in [0.1, 0.15) is 58.8 Å². The van der Waals surface area contributed by atoms with Crippen LogP contribution in [0.25, 0.3) is 11.4 Å². The summed E-state index contributed by atoms with van der Waals surface area (Å²) in [6, 6.07) is 9.47. The lowest BCUT2D eigenvalue weighted by molar-refractivity contribution is -0.291. The van der Waals surface area contributed by atoms with Gasteiger partial charge in [-0.15, -0.1) is 10.2 Å². The van der Waals surface area contributed by atoms with Crippen molar-refractivity contribution in [1.29, 1.82) is 0 Å². The number of halogens is 7. The summed E-state index contributed by atoms with van der Waals surface area (Å²) in [5.41, 5.74) is -1.63. The zero-order valence-corrected chi connectivity index (χ0v) is 21.9. The van der Waals surface area contributed by atoms with E-state index in [1.54, 1.807) is 25.1 Å². The van der Waals surface area contributed by atoms with Gasteiger partial charge >= 0.3 is 18.1 Å². The summed E-state index contributed by atoms with van der Waals surface area (Å²) in [4.78, 5) is 17.0. The van der Waals surface area contributed by atoms with Crippen LogP contribution in [-0.2, 0) is 12.5 Å². The van der Waals surface area contributed by atoms with E-state index in [2.05, 4.69) is 25.6 Å². The van der Waals surface area contributed by atoms with E-state index < -0.39 is 35.4 Å². The van der Waals surface area contributed by atoms with Gasteiger partial charge in [-0.2, -0.15) is 27.2 Å². The molecule has 0 aliphatic carbocycles. The average molecular weight is 605 g/mol. The van der Waals surface area contributed by atoms with Gasteiger partial charge in [0.05, 0.1) is 5.02 Å². The minimum absolute atomic E-state index is 0.0224. The Balaban J connectivity index is 1.63. The highest BCUT2D eigenvalue weighted by Gasteiger charge is 2.61. The lowest BCUT2D eigenvalue weighted by Crippen LogP contribution is -2.35. The molecule has 2 heterocycles. The predicted octanol–water partition coefficient (Wildman–Crippen LogP) is 6.76. The number of nitrogens with zero attached hydrogens (tertiary/aromatic N) is 4. The Bertz CT molecular complexity index is 1510. The molecule has 40 heavy (non-hydrogen) atoms. The molecule has 4 rings (SSSR count). The number of benzene rings is 2. The van der Waals surface area contributed by atoms with Crippen molar-refractivity contribution in [3.8, 4) is 17.1 Å². The van der Waals surface area contributed by atoms with Crippen LogP contribution >= 0.6 is 23.2 Å². The van der Waals surface area contributed by atoms with Crippen molar-refractivity contribution in [3.05, 3.63) is 74.8 Å². The first-order valence-corrected chi connectivity index (χ1v) is 12.3. The third kappa shape index (κ3) is 5.87. The van der Waals surface area contributed by atoms with Crippen LogP contribution in [0.3, 0.4) is 0 Å². The topological polar surface area (TPSA) is 130 Å². The average Bonchev–Trinajstić information content (AvgIpc) is 3.57. The summed E-state index contributed by atoms with van der Waals surface area (Å²) in [5, 5.41) is 23.6. The second-order valence-corrected chi connectivity index (χ2v) is 9.42. The van der Waals surface area contributed by atoms with E-state index in [0.29, 0.717) is 34.0 Å². The molecular weight excluding hydrogens is 586 g/mol. The minimum Gasteiger partial charge on any atom is -0.487 e. The van der Waals surface area contributed by atoms with E-state index in [4.69, 9.17) is 27.9 Å². The number of hydrogen-bond acceptors (Lipinski definition) is 6. The van der Waals surface area contributed by atoms with Crippen molar-refractivity contribution in [2.45, 2.75) is 44.4 Å². The molecule has 0 fully saturated rings. The van der Waals surface area contributed by atoms with Crippen molar-refractivity contribution in [1.82, 2.24) is 30.6 Å². The van der Waals surface area contributed by atoms with Gasteiger partial charge in [-0.25, -0.2) is 9.78 Å². The largest absolute Gasteiger partial charge is 0.487 e. The molecule has 16 heteroatoms. The maximum Gasteiger partial charge on any atom is 0.459 e. The van der Waals surface area contributed by atoms with E-state index in [9.17, 15) is 31.9 Å². The number of H-pyrrole nitrogens is 2. The van der Waals surface area contributed by atoms with Gasteiger partial charge in [-0.05, 0) is 41.5 Å². The van der Waals surface area contributed by atoms with Crippen LogP contribution in [0, 0.1) is 0 Å². The number of rotatable bonds is 10. The number of aromatic carboxylic acids is 1. The molecule has 9 nitrogen and oxygen atoms in total. The van der Waals surface area contributed by atoms with Gasteiger partial charge in [0.1, 0.15) is 23.9 Å². The fourth-order valence-corrected chi connectivity index (χ4v) is 4.41. The first kappa shape index (κ1) is 29.2. The van der Waals surface area contributed by atoms with Crippen molar-refractivity contribution in [3.63, 3.8) is 0 Å². The van der Waals surface area contributed by atoms with Gasteiger partial charge in [-0.3, -0.25) is 0 Å². The van der Waals surface area contributed by atoms with Crippen molar-refractivity contribution >= 4 is 29.2 Å². The highest BCUT2D eigenvalue weighted by molar-refractivity contribution is 6.32. The number of carbonyl (C=O) groups is 1. The Morgan fingerprint density at radius 2 is 1.88 bits per heavy atom. The van der Waals surface area contributed by atoms with Crippen molar-refractivity contribution < 1.29 is 36.6 Å². The molecule has 0 bridgehead atoms. The molecule has 4 aromatic rings. The number of carboxylic acid groups (broad SMARTS) is 1. The summed E-state index contributed by atoms with van der Waals surface area (Å²) in [6.07, 6.45) is -5.33. The first-order valence-electron chi connectivity index (χ1n) is 11.6. The molecule has 1 unspecified atom stereocenters. The van der Waals surface area contributed by atoms with Gasteiger partial charge < -0.3 is 14.8 Å². The van der Waals surface area contributed by atoms with Crippen LogP contribution in [0.2, 0.25) is 10.0 Å². The fraction of sp³-hybridized carbons (Fsp3) is 0.292. The van der Waals surface area contributed by atoms with E-state index in [-0.39, 0.29) is 29.6 Å². The van der Waals surface area contributed by atoms with Crippen LogP contribution < -0.4 is 4.74 Å². The summed E-state index contributed by atoms with van der Waals surface area (Å²) in [6.45, 7) is 1.78. The van der Waals surface area contributed by atoms with Crippen LogP contribution in [-0.4, -0.2) is 47.8 Å². The Labute approximate surface area is 232 Å². The highest BCUT2D eigenvalue weighted by atomic mass is 35.5. The maximum absolute atomic E-state index is 14.1. The number of nitrogens with one attached hydrogen (secondary N) is 2. The SMILES string of the molecule is CCCC(c1ccc(OCc2ccc(Cl)cc2-c2nn[nH]n2)c(Cl)c1)c1nc(C(=O)O)c(C(F)(F)C(F)(F)F)[nH]1. The molecule has 0 spiro atoms. The molecule has 2 aromatic heterocycles. The standard InChI is InChI=1S/C24H19Cl2F5N6O3/c1-2-3-14(20-32-18(22(38)39)19(33-20)23(27,28)24(29,30)31)11-5-7-17(16(26)8-11)40-10-12-4-6-13(25)9-15(12)21-34-36-37-35-21/h4-9,14H,2-3,10H2,1H3,(H,32,33)(H,38,39)(H,34,35,36,37). The lowest BCUT2D eigenvalue weighted by atomic mass is 9.93. The van der Waals surface area contributed by atoms with Crippen molar-refractivity contribution in [2.24, 2.45) is 0 Å². The second kappa shape index (κ2) is 11.4. The van der Waals surface area contributed by atoms with Gasteiger partial charge in [0.25, 0.3) is 0 Å². The molecule has 212 valence electrons. The third-order valence-corrected chi connectivity index (χ3v) is 6.43. The summed E-state index contributed by atoms with van der Waals surface area (Å²) >= 11 is 12.5. The maximum atomic E-state index is 14.1. The molecule has 0 saturated carbocycles. The van der Waals surface area contributed by atoms with Gasteiger partial charge in [0.2, 0.25) is 5.82 Å². The predicted molar refractivity (Wildman–Crippen MR) is 133 cm³/mol. The Morgan fingerprint density at radius 3 is 2.48 bits per heavy atom. The van der Waals surface area contributed by atoms with Crippen LogP contribution in [0.4, 0.5) is 22.0 Å². The molecule has 2 aromatic carbocycles. The highest BCUT2D eigenvalue weighted by Crippen LogP contribution is 2.45. The molecule has 1 atom stereocenters. The number of carboxylic acids is 1. The normalized spacial score (nSPS) is 12.9. The number of aromatic amines is 2. The zero-order valence-electron chi connectivity index (χ0n) is 20.4. The Hall–Kier alpha value is -3.78. The van der Waals surface area contributed by atoms with Crippen molar-refractivity contribution in [2.75, 3.05) is 0 Å². The number of imidazole rings is 1. The Kier molecular flexibility index (Phi) is 8.30. The number of tetrazole rings is 1. The molecule has 0 amide bonds. The van der Waals surface area contributed by atoms with E-state index >= 15 is 0 Å². The minimum atomic E-state index is -6.03. The van der Waals surface area contributed by atoms with E-state index in [1.165, 1.54) is 18.2 Å². The monoisotopic (exact) mass is 604 g/mol. The van der Waals surface area contributed by atoms with Crippen LogP contribution in [0.5, 0.6) is 5.75 Å². The van der Waals surface area contributed by atoms with Gasteiger partial charge in [0.15, 0.2) is 5.69 Å². The molecule has 0 radical (unpaired) electrons. The zero-order chi connectivity index (χ0) is 29.2. The smallest absolute Gasteiger partial charge is 0.459 e. The molecule has 3 N–H and O–H groups in total. The lowest BCUT2D eigenvalue weighted by Gasteiger charge is -2.19. The number of alkyl halides is 5. The van der Waals surface area contributed by atoms with E-state index in [0.717, 1.165) is 0 Å². The summed E-state index contributed by atoms with van der Waals surface area (Å²) in [7, 11) is 0.